The van der Waals surface area contributed by atoms with Crippen LogP contribution in [-0.2, 0) is 13.6 Å². The van der Waals surface area contributed by atoms with Crippen molar-refractivity contribution >= 4 is 18.7 Å². The fourth-order valence-corrected chi connectivity index (χ4v) is 4.13. The van der Waals surface area contributed by atoms with Gasteiger partial charge >= 0.3 is 7.82 Å². The number of fused-ring (bicyclic) bond motifs is 1. The lowest BCUT2D eigenvalue weighted by atomic mass is 10.1. The zero-order valence-electron chi connectivity index (χ0n) is 17.3. The molecule has 0 bridgehead atoms. The summed E-state index contributed by atoms with van der Waals surface area (Å²) in [5.41, 5.74) is 2.02. The molecule has 2 aromatic carbocycles. The first-order chi connectivity index (χ1) is 14.5. The van der Waals surface area contributed by atoms with Crippen molar-refractivity contribution in [1.82, 2.24) is 4.98 Å². The summed E-state index contributed by atoms with van der Waals surface area (Å²) in [5, 5.41) is 0.410. The molecular weight excluding hydrogens is 404 g/mol. The monoisotopic (exact) mass is 431 g/mol. The normalized spacial score (nSPS) is 11.7. The minimum atomic E-state index is -3.88. The van der Waals surface area contributed by atoms with Crippen LogP contribution >= 0.6 is 7.82 Å². The lowest BCUT2D eigenvalue weighted by Gasteiger charge is -2.20. The predicted octanol–water partition coefficient (Wildman–Crippen LogP) is 7.16. The molecule has 3 rings (SSSR count). The molecule has 0 spiro atoms. The highest BCUT2D eigenvalue weighted by Crippen LogP contribution is 2.51. The van der Waals surface area contributed by atoms with Gasteiger partial charge in [-0.05, 0) is 31.0 Å². The third-order valence-corrected chi connectivity index (χ3v) is 5.92. The number of hydrogen-bond donors (Lipinski definition) is 0. The third kappa shape index (κ3) is 5.88. The summed E-state index contributed by atoms with van der Waals surface area (Å²) in [5.74, 6) is -0.218. The molecule has 0 N–H and O–H groups in total. The van der Waals surface area contributed by atoms with E-state index in [9.17, 15) is 8.96 Å². The molecule has 0 amide bonds. The zero-order valence-corrected chi connectivity index (χ0v) is 18.2. The maximum Gasteiger partial charge on any atom is 0.530 e. The highest BCUT2D eigenvalue weighted by molar-refractivity contribution is 7.48. The van der Waals surface area contributed by atoms with Gasteiger partial charge in [0.05, 0.1) is 24.4 Å². The van der Waals surface area contributed by atoms with Gasteiger partial charge in [-0.2, -0.15) is 0 Å². The van der Waals surface area contributed by atoms with Crippen molar-refractivity contribution in [3.63, 3.8) is 0 Å². The summed E-state index contributed by atoms with van der Waals surface area (Å²) < 4.78 is 44.2. The highest BCUT2D eigenvalue weighted by atomic mass is 31.2. The largest absolute Gasteiger partial charge is 0.530 e. The predicted molar refractivity (Wildman–Crippen MR) is 117 cm³/mol. The first-order valence-corrected chi connectivity index (χ1v) is 11.7. The molecule has 160 valence electrons. The molecule has 7 heteroatoms. The number of phosphoric acid groups is 1. The Morgan fingerprint density at radius 2 is 1.60 bits per heavy atom. The van der Waals surface area contributed by atoms with Crippen LogP contribution in [0.2, 0.25) is 0 Å². The topological polar surface area (TPSA) is 57.7 Å². The summed E-state index contributed by atoms with van der Waals surface area (Å²) in [6.45, 7) is 4.53. The van der Waals surface area contributed by atoms with Crippen molar-refractivity contribution in [1.29, 1.82) is 0 Å². The van der Waals surface area contributed by atoms with Crippen LogP contribution in [-0.4, -0.2) is 18.2 Å². The summed E-state index contributed by atoms with van der Waals surface area (Å²) in [6.07, 6.45) is 3.23. The van der Waals surface area contributed by atoms with Gasteiger partial charge in [0.25, 0.3) is 0 Å². The maximum absolute atomic E-state index is 14.0. The Kier molecular flexibility index (Phi) is 7.97. The van der Waals surface area contributed by atoms with Crippen molar-refractivity contribution < 1.29 is 22.5 Å². The van der Waals surface area contributed by atoms with E-state index in [1.165, 1.54) is 12.1 Å². The summed E-state index contributed by atoms with van der Waals surface area (Å²) in [7, 11) is -3.88. The molecule has 1 heterocycles. The van der Waals surface area contributed by atoms with Gasteiger partial charge in [-0.25, -0.2) is 13.9 Å². The molecular formula is C23H27FNO4P. The van der Waals surface area contributed by atoms with Crippen LogP contribution in [0.1, 0.15) is 39.5 Å². The Morgan fingerprint density at radius 1 is 0.933 bits per heavy atom. The Bertz CT molecular complexity index is 999. The standard InChI is InChI=1S/C23H27FNO4P/c1-3-5-14-27-30(26,28-15-6-4-2)29-23-17-22(18-10-8-7-9-11-18)25-21-13-12-19(24)16-20(21)23/h7-13,16-17H,3-6,14-15H2,1-2H3. The smallest absolute Gasteiger partial charge is 0.403 e. The number of hydrogen-bond acceptors (Lipinski definition) is 5. The van der Waals surface area contributed by atoms with Crippen LogP contribution in [0, 0.1) is 5.82 Å². The molecule has 0 atom stereocenters. The number of unbranched alkanes of at least 4 members (excludes halogenated alkanes) is 2. The maximum atomic E-state index is 14.0. The molecule has 0 saturated carbocycles. The summed E-state index contributed by atoms with van der Waals surface area (Å²) in [4.78, 5) is 4.61. The summed E-state index contributed by atoms with van der Waals surface area (Å²) >= 11 is 0. The van der Waals surface area contributed by atoms with Crippen LogP contribution < -0.4 is 4.52 Å². The molecule has 1 aromatic heterocycles. The quantitative estimate of drug-likeness (QED) is 0.238. The average Bonchev–Trinajstić information content (AvgIpc) is 2.75. The van der Waals surface area contributed by atoms with Gasteiger partial charge in [0.2, 0.25) is 0 Å². The van der Waals surface area contributed by atoms with Crippen LogP contribution in [0.25, 0.3) is 22.2 Å². The molecule has 3 aromatic rings. The average molecular weight is 431 g/mol. The number of benzene rings is 2. The van der Waals surface area contributed by atoms with Crippen LogP contribution in [0.5, 0.6) is 5.75 Å². The Morgan fingerprint density at radius 3 is 2.23 bits per heavy atom. The number of nitrogens with zero attached hydrogens (tertiary/aromatic N) is 1. The number of aromatic nitrogens is 1. The number of halogens is 1. The zero-order chi connectivity index (χ0) is 21.4. The van der Waals surface area contributed by atoms with Crippen LogP contribution in [0.4, 0.5) is 4.39 Å². The van der Waals surface area contributed by atoms with Gasteiger partial charge in [-0.15, -0.1) is 0 Å². The second-order valence-corrected chi connectivity index (χ2v) is 8.54. The van der Waals surface area contributed by atoms with Gasteiger partial charge in [0, 0.05) is 17.0 Å². The van der Waals surface area contributed by atoms with E-state index in [4.69, 9.17) is 13.6 Å². The number of phosphoric ester groups is 1. The number of pyridine rings is 1. The Labute approximate surface area is 176 Å². The van der Waals surface area contributed by atoms with E-state index in [-0.39, 0.29) is 19.0 Å². The third-order valence-electron chi connectivity index (χ3n) is 4.51. The van der Waals surface area contributed by atoms with Crippen molar-refractivity contribution in [3.8, 4) is 17.0 Å². The van der Waals surface area contributed by atoms with Gasteiger partial charge in [-0.1, -0.05) is 57.0 Å². The van der Waals surface area contributed by atoms with Crippen molar-refractivity contribution in [2.24, 2.45) is 0 Å². The van der Waals surface area contributed by atoms with E-state index < -0.39 is 13.6 Å². The van der Waals surface area contributed by atoms with E-state index in [0.29, 0.717) is 16.6 Å². The van der Waals surface area contributed by atoms with Crippen molar-refractivity contribution in [2.75, 3.05) is 13.2 Å². The molecule has 30 heavy (non-hydrogen) atoms. The molecule has 0 saturated heterocycles. The first kappa shape index (κ1) is 22.4. The van der Waals surface area contributed by atoms with Gasteiger partial charge < -0.3 is 4.52 Å². The van der Waals surface area contributed by atoms with E-state index >= 15 is 0 Å². The van der Waals surface area contributed by atoms with Crippen LogP contribution in [0.3, 0.4) is 0 Å². The molecule has 0 aliphatic heterocycles. The van der Waals surface area contributed by atoms with E-state index in [1.54, 1.807) is 12.1 Å². The fourth-order valence-electron chi connectivity index (χ4n) is 2.85. The molecule has 0 unspecified atom stereocenters. The van der Waals surface area contributed by atoms with E-state index in [0.717, 1.165) is 31.2 Å². The molecule has 0 radical (unpaired) electrons. The molecule has 5 nitrogen and oxygen atoms in total. The lowest BCUT2D eigenvalue weighted by molar-refractivity contribution is 0.152. The second kappa shape index (κ2) is 10.7. The Balaban J connectivity index is 2.02. The van der Waals surface area contributed by atoms with Crippen LogP contribution in [0.15, 0.2) is 54.6 Å². The fraction of sp³-hybridized carbons (Fsp3) is 0.348. The first-order valence-electron chi connectivity index (χ1n) is 10.3. The van der Waals surface area contributed by atoms with Gasteiger partial charge in [-0.3, -0.25) is 9.05 Å². The minimum Gasteiger partial charge on any atom is -0.403 e. The van der Waals surface area contributed by atoms with Gasteiger partial charge in [0.15, 0.2) is 0 Å². The highest BCUT2D eigenvalue weighted by Gasteiger charge is 2.29. The molecule has 0 aliphatic rings. The van der Waals surface area contributed by atoms with Crippen molar-refractivity contribution in [2.45, 2.75) is 39.5 Å². The van der Waals surface area contributed by atoms with Gasteiger partial charge in [0.1, 0.15) is 11.6 Å². The lowest BCUT2D eigenvalue weighted by Crippen LogP contribution is -2.05. The van der Waals surface area contributed by atoms with E-state index in [2.05, 4.69) is 4.98 Å². The second-order valence-electron chi connectivity index (χ2n) is 6.95. The minimum absolute atomic E-state index is 0.217. The molecule has 0 aliphatic carbocycles. The molecule has 0 fully saturated rings. The number of rotatable bonds is 11. The summed E-state index contributed by atoms with van der Waals surface area (Å²) in [6, 6.07) is 15.4. The Hall–Kier alpha value is -2.27. The van der Waals surface area contributed by atoms with E-state index in [1.807, 2.05) is 44.2 Å². The van der Waals surface area contributed by atoms with Crippen molar-refractivity contribution in [3.05, 3.63) is 60.4 Å². The SMILES string of the molecule is CCCCOP(=O)(OCCCC)Oc1cc(-c2ccccc2)nc2ccc(F)cc12.